The van der Waals surface area contributed by atoms with Gasteiger partial charge in [-0.2, -0.15) is 5.10 Å². The molecule has 0 saturated carbocycles. The van der Waals surface area contributed by atoms with E-state index in [4.69, 9.17) is 14.2 Å². The molecule has 0 aliphatic heterocycles. The fourth-order valence-corrected chi connectivity index (χ4v) is 2.27. The molecule has 0 spiro atoms. The monoisotopic (exact) mass is 299 g/mol. The van der Waals surface area contributed by atoms with Crippen LogP contribution in [0.15, 0.2) is 36.4 Å². The molecule has 6 heteroatoms. The molecule has 1 aromatic heterocycles. The molecule has 0 fully saturated rings. The van der Waals surface area contributed by atoms with Gasteiger partial charge < -0.3 is 19.5 Å². The van der Waals surface area contributed by atoms with E-state index in [-0.39, 0.29) is 0 Å². The Morgan fingerprint density at radius 3 is 2.45 bits per heavy atom. The van der Waals surface area contributed by atoms with Crippen LogP contribution < -0.4 is 19.5 Å². The van der Waals surface area contributed by atoms with Gasteiger partial charge in [-0.25, -0.2) is 0 Å². The largest absolute Gasteiger partial charge is 0.497 e. The highest BCUT2D eigenvalue weighted by Crippen LogP contribution is 2.32. The lowest BCUT2D eigenvalue weighted by atomic mass is 10.2. The SMILES string of the molecule is COc1ccc2c(Nc3ccc(OC)c(OC)c3)n[nH]c2c1. The maximum Gasteiger partial charge on any atom is 0.162 e. The van der Waals surface area contributed by atoms with Crippen LogP contribution in [-0.4, -0.2) is 31.5 Å². The van der Waals surface area contributed by atoms with E-state index in [9.17, 15) is 0 Å². The fraction of sp³-hybridized carbons (Fsp3) is 0.188. The molecular weight excluding hydrogens is 282 g/mol. The number of nitrogens with zero attached hydrogens (tertiary/aromatic N) is 1. The summed E-state index contributed by atoms with van der Waals surface area (Å²) in [5.41, 5.74) is 1.77. The zero-order valence-corrected chi connectivity index (χ0v) is 12.6. The standard InChI is InChI=1S/C16H17N3O3/c1-20-11-5-6-12-13(9-11)18-19-16(12)17-10-4-7-14(21-2)15(8-10)22-3/h4-9H,1-3H3,(H2,17,18,19). The van der Waals surface area contributed by atoms with Crippen LogP contribution in [0, 0.1) is 0 Å². The zero-order chi connectivity index (χ0) is 15.5. The van der Waals surface area contributed by atoms with Crippen LogP contribution in [0.25, 0.3) is 10.9 Å². The first-order valence-electron chi connectivity index (χ1n) is 6.76. The van der Waals surface area contributed by atoms with E-state index in [1.165, 1.54) is 0 Å². The third-order valence-electron chi connectivity index (χ3n) is 3.42. The summed E-state index contributed by atoms with van der Waals surface area (Å²) in [4.78, 5) is 0. The number of H-pyrrole nitrogens is 1. The molecule has 6 nitrogen and oxygen atoms in total. The number of hydrogen-bond acceptors (Lipinski definition) is 5. The molecule has 2 aromatic carbocycles. The molecule has 0 amide bonds. The summed E-state index contributed by atoms with van der Waals surface area (Å²) in [5, 5.41) is 11.5. The van der Waals surface area contributed by atoms with Crippen LogP contribution in [0.2, 0.25) is 0 Å². The molecule has 0 bridgehead atoms. The summed E-state index contributed by atoms with van der Waals surface area (Å²) in [7, 11) is 4.86. The summed E-state index contributed by atoms with van der Waals surface area (Å²) in [5.74, 6) is 2.87. The molecule has 0 aliphatic rings. The fourth-order valence-electron chi connectivity index (χ4n) is 2.27. The van der Waals surface area contributed by atoms with Crippen molar-refractivity contribution in [3.8, 4) is 17.2 Å². The van der Waals surface area contributed by atoms with Crippen molar-refractivity contribution < 1.29 is 14.2 Å². The zero-order valence-electron chi connectivity index (χ0n) is 12.6. The number of ether oxygens (including phenoxy) is 3. The number of nitrogens with one attached hydrogen (secondary N) is 2. The lowest BCUT2D eigenvalue weighted by molar-refractivity contribution is 0.355. The Morgan fingerprint density at radius 2 is 1.73 bits per heavy atom. The van der Waals surface area contributed by atoms with Crippen molar-refractivity contribution in [2.24, 2.45) is 0 Å². The van der Waals surface area contributed by atoms with Crippen molar-refractivity contribution >= 4 is 22.4 Å². The Hall–Kier alpha value is -2.89. The lowest BCUT2D eigenvalue weighted by Gasteiger charge is -2.10. The predicted octanol–water partition coefficient (Wildman–Crippen LogP) is 3.33. The Morgan fingerprint density at radius 1 is 0.909 bits per heavy atom. The van der Waals surface area contributed by atoms with Crippen molar-refractivity contribution in [3.63, 3.8) is 0 Å². The predicted molar refractivity (Wildman–Crippen MR) is 85.5 cm³/mol. The summed E-state index contributed by atoms with van der Waals surface area (Å²) in [6, 6.07) is 11.4. The van der Waals surface area contributed by atoms with Crippen molar-refractivity contribution in [2.45, 2.75) is 0 Å². The van der Waals surface area contributed by atoms with Gasteiger partial charge in [0.2, 0.25) is 0 Å². The Bertz CT molecular complexity index is 798. The molecule has 0 unspecified atom stereocenters. The molecular formula is C16H17N3O3. The second-order valence-corrected chi connectivity index (χ2v) is 4.68. The molecule has 3 rings (SSSR count). The van der Waals surface area contributed by atoms with Crippen molar-refractivity contribution in [3.05, 3.63) is 36.4 Å². The smallest absolute Gasteiger partial charge is 0.162 e. The van der Waals surface area contributed by atoms with E-state index < -0.39 is 0 Å². The highest BCUT2D eigenvalue weighted by Gasteiger charge is 2.09. The maximum absolute atomic E-state index is 5.30. The molecule has 0 saturated heterocycles. The van der Waals surface area contributed by atoms with E-state index in [2.05, 4.69) is 15.5 Å². The molecule has 0 atom stereocenters. The molecule has 0 aliphatic carbocycles. The quantitative estimate of drug-likeness (QED) is 0.756. The summed E-state index contributed by atoms with van der Waals surface area (Å²) in [6.45, 7) is 0. The molecule has 3 aromatic rings. The number of benzene rings is 2. The van der Waals surface area contributed by atoms with Gasteiger partial charge in [0.05, 0.1) is 26.8 Å². The third kappa shape index (κ3) is 2.50. The first-order chi connectivity index (χ1) is 10.7. The van der Waals surface area contributed by atoms with Crippen molar-refractivity contribution in [1.82, 2.24) is 10.2 Å². The summed E-state index contributed by atoms with van der Waals surface area (Å²) < 4.78 is 15.7. The van der Waals surface area contributed by atoms with E-state index >= 15 is 0 Å². The third-order valence-corrected chi connectivity index (χ3v) is 3.42. The number of methoxy groups -OCH3 is 3. The van der Waals surface area contributed by atoms with Crippen LogP contribution in [0.1, 0.15) is 0 Å². The number of hydrogen-bond donors (Lipinski definition) is 2. The van der Waals surface area contributed by atoms with Crippen LogP contribution in [0.3, 0.4) is 0 Å². The van der Waals surface area contributed by atoms with E-state index in [1.807, 2.05) is 36.4 Å². The van der Waals surface area contributed by atoms with Gasteiger partial charge in [0.1, 0.15) is 5.75 Å². The number of aromatic nitrogens is 2. The minimum Gasteiger partial charge on any atom is -0.497 e. The van der Waals surface area contributed by atoms with Gasteiger partial charge in [-0.15, -0.1) is 0 Å². The number of fused-ring (bicyclic) bond motifs is 1. The van der Waals surface area contributed by atoms with Crippen LogP contribution in [0.5, 0.6) is 17.2 Å². The van der Waals surface area contributed by atoms with E-state index in [0.29, 0.717) is 11.5 Å². The van der Waals surface area contributed by atoms with Crippen LogP contribution >= 0.6 is 0 Å². The highest BCUT2D eigenvalue weighted by molar-refractivity contribution is 5.92. The van der Waals surface area contributed by atoms with Gasteiger partial charge in [0.25, 0.3) is 0 Å². The number of anilines is 2. The van der Waals surface area contributed by atoms with Gasteiger partial charge in [-0.3, -0.25) is 5.10 Å². The molecule has 1 heterocycles. The van der Waals surface area contributed by atoms with E-state index in [0.717, 1.165) is 28.2 Å². The van der Waals surface area contributed by atoms with Gasteiger partial charge in [0.15, 0.2) is 17.3 Å². The first kappa shape index (κ1) is 14.1. The normalized spacial score (nSPS) is 10.5. The highest BCUT2D eigenvalue weighted by atomic mass is 16.5. The average molecular weight is 299 g/mol. The van der Waals surface area contributed by atoms with Crippen molar-refractivity contribution in [2.75, 3.05) is 26.6 Å². The van der Waals surface area contributed by atoms with Crippen LogP contribution in [0.4, 0.5) is 11.5 Å². The Labute approximate surface area is 128 Å². The minimum absolute atomic E-state index is 0.661. The first-order valence-corrected chi connectivity index (χ1v) is 6.76. The average Bonchev–Trinajstić information content (AvgIpc) is 2.96. The summed E-state index contributed by atoms with van der Waals surface area (Å²) >= 11 is 0. The second kappa shape index (κ2) is 5.85. The number of rotatable bonds is 5. The minimum atomic E-state index is 0.661. The maximum atomic E-state index is 5.30. The summed E-state index contributed by atoms with van der Waals surface area (Å²) in [6.07, 6.45) is 0. The lowest BCUT2D eigenvalue weighted by Crippen LogP contribution is -1.94. The second-order valence-electron chi connectivity index (χ2n) is 4.68. The van der Waals surface area contributed by atoms with Gasteiger partial charge >= 0.3 is 0 Å². The Balaban J connectivity index is 1.93. The van der Waals surface area contributed by atoms with Crippen molar-refractivity contribution in [1.29, 1.82) is 0 Å². The van der Waals surface area contributed by atoms with Gasteiger partial charge in [-0.1, -0.05) is 0 Å². The van der Waals surface area contributed by atoms with Gasteiger partial charge in [0, 0.05) is 23.2 Å². The Kier molecular flexibility index (Phi) is 3.74. The van der Waals surface area contributed by atoms with Gasteiger partial charge in [-0.05, 0) is 24.3 Å². The number of aromatic amines is 1. The van der Waals surface area contributed by atoms with E-state index in [1.54, 1.807) is 21.3 Å². The van der Waals surface area contributed by atoms with Crippen LogP contribution in [-0.2, 0) is 0 Å². The molecule has 114 valence electrons. The molecule has 22 heavy (non-hydrogen) atoms. The molecule has 0 radical (unpaired) electrons. The molecule has 2 N–H and O–H groups in total. The topological polar surface area (TPSA) is 68.4 Å².